The Bertz CT molecular complexity index is 209. The standard InChI is InChI=1S/7C4H10O.93H2O/c7*1-3-5-4-2;;;;;;;;;;;;;;;;;;;;;;;;;;;;;;;;;;;;;;;;;;;;;;;;;;;;;;;;;;;;;;;;;;;;;;;;;;;;;;;;;;;;;;;;;;;;;/h7*3-4H2,1-2H3;93*1H2. The first-order valence-corrected chi connectivity index (χ1v) is 13.9. The van der Waals surface area contributed by atoms with Crippen LogP contribution in [0.1, 0.15) is 96.9 Å². The van der Waals surface area contributed by atoms with Crippen LogP contribution in [0.4, 0.5) is 0 Å². The number of hydrogen-bond donors (Lipinski definition) is 0. The molecule has 128 heavy (non-hydrogen) atoms. The molecule has 100 heteroatoms. The van der Waals surface area contributed by atoms with E-state index in [9.17, 15) is 0 Å². The van der Waals surface area contributed by atoms with Gasteiger partial charge in [0.2, 0.25) is 0 Å². The fourth-order valence-electron chi connectivity index (χ4n) is 1.43. The third-order valence-corrected chi connectivity index (χ3v) is 2.86. The Morgan fingerprint density at radius 3 is 0.0703 bits per heavy atom. The van der Waals surface area contributed by atoms with E-state index in [1.165, 1.54) is 0 Å². The fraction of sp³-hybridized carbons (Fsp3) is 1.00. The van der Waals surface area contributed by atoms with E-state index in [2.05, 4.69) is 0 Å². The minimum Gasteiger partial charge on any atom is -0.412 e. The van der Waals surface area contributed by atoms with Crippen molar-refractivity contribution in [3.63, 3.8) is 0 Å². The molecule has 0 aromatic rings. The Morgan fingerprint density at radius 1 is 0.0547 bits per heavy atom. The van der Waals surface area contributed by atoms with Crippen molar-refractivity contribution in [1.29, 1.82) is 0 Å². The molecule has 0 amide bonds. The van der Waals surface area contributed by atoms with Crippen LogP contribution in [0.3, 0.4) is 0 Å². The van der Waals surface area contributed by atoms with E-state index in [4.69, 9.17) is 33.2 Å². The molecule has 0 aliphatic carbocycles. The zero-order valence-electron chi connectivity index (χ0n) is 73.3. The molecule has 0 atom stereocenters. The lowest BCUT2D eigenvalue weighted by Crippen LogP contribution is -1.84. The lowest BCUT2D eigenvalue weighted by Gasteiger charge is -1.86. The first kappa shape index (κ1) is 3260. The summed E-state index contributed by atoms with van der Waals surface area (Å²) in [5, 5.41) is 0. The van der Waals surface area contributed by atoms with E-state index in [1.807, 2.05) is 96.9 Å². The van der Waals surface area contributed by atoms with Crippen molar-refractivity contribution in [2.24, 2.45) is 0 Å². The van der Waals surface area contributed by atoms with E-state index in [0.717, 1.165) is 92.5 Å². The lowest BCUT2D eigenvalue weighted by molar-refractivity contribution is 0.162. The second-order valence-electron chi connectivity index (χ2n) is 5.47. The van der Waals surface area contributed by atoms with E-state index >= 15 is 0 Å². The van der Waals surface area contributed by atoms with Gasteiger partial charge in [0.05, 0.1) is 0 Å². The molecule has 968 valence electrons. The first-order chi connectivity index (χ1) is 16.9. The first-order valence-electron chi connectivity index (χ1n) is 13.9. The second-order valence-corrected chi connectivity index (χ2v) is 5.47. The van der Waals surface area contributed by atoms with E-state index in [-0.39, 0.29) is 509 Å². The van der Waals surface area contributed by atoms with Crippen LogP contribution in [0.15, 0.2) is 0 Å². The number of hydrogen-bond acceptors (Lipinski definition) is 7. The van der Waals surface area contributed by atoms with Crippen molar-refractivity contribution in [1.82, 2.24) is 0 Å². The van der Waals surface area contributed by atoms with Gasteiger partial charge >= 0.3 is 0 Å². The third-order valence-electron chi connectivity index (χ3n) is 2.86. The molecular formula is C28H256O100. The van der Waals surface area contributed by atoms with Crippen LogP contribution in [0.2, 0.25) is 0 Å². The highest BCUT2D eigenvalue weighted by atomic mass is 16.5. The SMILES string of the molecule is CCOCC.CCOCC.CCOCC.CCOCC.CCOCC.CCOCC.CCOCC.O.O.O.O.O.O.O.O.O.O.O.O.O.O.O.O.O.O.O.O.O.O.O.O.O.O.O.O.O.O.O.O.O.O.O.O.O.O.O.O.O.O.O.O.O.O.O.O.O.O.O.O.O.O.O.O.O.O.O.O.O.O.O.O.O.O.O.O.O.O.O.O.O.O.O.O.O.O.O.O.O.O.O.O.O.O.O.O.O.O.O.O.O. The van der Waals surface area contributed by atoms with E-state index in [0.29, 0.717) is 0 Å². The van der Waals surface area contributed by atoms with Gasteiger partial charge in [0, 0.05) is 92.5 Å². The van der Waals surface area contributed by atoms with Gasteiger partial charge in [0.1, 0.15) is 0 Å². The van der Waals surface area contributed by atoms with Crippen LogP contribution in [0.25, 0.3) is 0 Å². The summed E-state index contributed by atoms with van der Waals surface area (Å²) < 4.78 is 33.8. The van der Waals surface area contributed by atoms with Crippen LogP contribution in [-0.4, -0.2) is 602 Å². The lowest BCUT2D eigenvalue weighted by atomic mass is 10.8. The van der Waals surface area contributed by atoms with Gasteiger partial charge in [-0.15, -0.1) is 0 Å². The Kier molecular flexibility index (Phi) is 161000. The summed E-state index contributed by atoms with van der Waals surface area (Å²) in [4.78, 5) is 0. The molecule has 0 saturated carbocycles. The molecule has 100 nitrogen and oxygen atoms in total. The molecule has 0 aromatic heterocycles. The smallest absolute Gasteiger partial charge is 0.0437 e. The molecule has 0 aliphatic rings. The van der Waals surface area contributed by atoms with Crippen LogP contribution in [0.5, 0.6) is 0 Å². The Balaban J connectivity index is -0.000000000650. The maximum Gasteiger partial charge on any atom is 0.0437 e. The second kappa shape index (κ2) is 6330. The van der Waals surface area contributed by atoms with Crippen molar-refractivity contribution in [3.05, 3.63) is 0 Å². The number of ether oxygens (including phenoxy) is 7. The molecule has 0 fully saturated rings. The molecule has 0 heterocycles. The van der Waals surface area contributed by atoms with Crippen molar-refractivity contribution >= 4 is 0 Å². The zero-order valence-corrected chi connectivity index (χ0v) is 73.3. The predicted molar refractivity (Wildman–Crippen MR) is 491 cm³/mol. The highest BCUT2D eigenvalue weighted by molar-refractivity contribution is 4.10. The quantitative estimate of drug-likeness (QED) is 0.162. The summed E-state index contributed by atoms with van der Waals surface area (Å²) in [6.45, 7) is 39.7. The van der Waals surface area contributed by atoms with Gasteiger partial charge in [0.15, 0.2) is 0 Å². The molecule has 186 N–H and O–H groups in total. The molecule has 0 saturated heterocycles. The molecule has 0 aromatic carbocycles. The minimum atomic E-state index is 0. The van der Waals surface area contributed by atoms with Gasteiger partial charge in [0.25, 0.3) is 0 Å². The molecule has 0 bridgehead atoms. The third kappa shape index (κ3) is 17900. The van der Waals surface area contributed by atoms with Gasteiger partial charge in [-0.1, -0.05) is 0 Å². The fourth-order valence-corrected chi connectivity index (χ4v) is 1.43. The maximum atomic E-state index is 4.83. The van der Waals surface area contributed by atoms with Gasteiger partial charge in [-0.05, 0) is 96.9 Å². The normalized spacial score (nSPS) is 2.30. The average molecular weight is 2190 g/mol. The number of rotatable bonds is 14. The summed E-state index contributed by atoms with van der Waals surface area (Å²) in [5.41, 5.74) is 0. The monoisotopic (exact) mass is 2190 g/mol. The molecule has 0 rings (SSSR count). The topological polar surface area (TPSA) is 2990 Å². The Labute approximate surface area is 732 Å². The highest BCUT2D eigenvalue weighted by Crippen LogP contribution is 1.67. The summed E-state index contributed by atoms with van der Waals surface area (Å²) >= 11 is 0. The van der Waals surface area contributed by atoms with Gasteiger partial charge in [-0.25, -0.2) is 0 Å². The average Bonchev–Trinajstić information content (AvgIpc) is 2.85. The Hall–Kier alpha value is -4.00. The van der Waals surface area contributed by atoms with Gasteiger partial charge in [-0.2, -0.15) is 0 Å². The van der Waals surface area contributed by atoms with Gasteiger partial charge in [-0.3, -0.25) is 0 Å². The summed E-state index contributed by atoms with van der Waals surface area (Å²) in [6.07, 6.45) is 0. The van der Waals surface area contributed by atoms with Crippen LogP contribution >= 0.6 is 0 Å². The summed E-state index contributed by atoms with van der Waals surface area (Å²) in [7, 11) is 0. The van der Waals surface area contributed by atoms with Crippen LogP contribution < -0.4 is 0 Å². The van der Waals surface area contributed by atoms with Crippen molar-refractivity contribution in [3.8, 4) is 0 Å². The van der Waals surface area contributed by atoms with Crippen molar-refractivity contribution in [2.75, 3.05) is 92.5 Å². The molecule has 0 radical (unpaired) electrons. The molecule has 0 spiro atoms. The van der Waals surface area contributed by atoms with E-state index in [1.54, 1.807) is 0 Å². The summed E-state index contributed by atoms with van der Waals surface area (Å²) in [5.74, 6) is 0. The molecular weight excluding hydrogens is 1940 g/mol. The van der Waals surface area contributed by atoms with E-state index < -0.39 is 0 Å². The highest BCUT2D eigenvalue weighted by Gasteiger charge is 1.67. The van der Waals surface area contributed by atoms with Crippen LogP contribution in [-0.2, 0) is 33.2 Å². The maximum absolute atomic E-state index is 4.83. The van der Waals surface area contributed by atoms with Crippen molar-refractivity contribution in [2.45, 2.75) is 96.9 Å². The van der Waals surface area contributed by atoms with Crippen LogP contribution in [0, 0.1) is 0 Å². The zero-order chi connectivity index (χ0) is 28.8. The van der Waals surface area contributed by atoms with Gasteiger partial charge < -0.3 is 542 Å². The predicted octanol–water partition coefficient (Wildman–Crippen LogP) is -69.4. The molecule has 0 unspecified atom stereocenters. The minimum absolute atomic E-state index is 0. The summed E-state index contributed by atoms with van der Waals surface area (Å²) in [6, 6.07) is 0. The Morgan fingerprint density at radius 2 is 0.0703 bits per heavy atom. The van der Waals surface area contributed by atoms with Crippen molar-refractivity contribution < 1.29 is 542 Å². The largest absolute Gasteiger partial charge is 0.412 e. The molecule has 0 aliphatic heterocycles.